The van der Waals surface area contributed by atoms with Gasteiger partial charge < -0.3 is 11.1 Å². The van der Waals surface area contributed by atoms with Crippen molar-refractivity contribution in [1.82, 2.24) is 0 Å². The monoisotopic (exact) mass is 182 g/mol. The zero-order valence-corrected chi connectivity index (χ0v) is 8.03. The van der Waals surface area contributed by atoms with Crippen LogP contribution in [-0.4, -0.2) is 11.6 Å². The lowest BCUT2D eigenvalue weighted by atomic mass is 10.3. The Labute approximate surface area is 77.5 Å². The Morgan fingerprint density at radius 3 is 2.83 bits per heavy atom. The first-order valence-corrected chi connectivity index (χ1v) is 5.16. The van der Waals surface area contributed by atoms with Gasteiger partial charge in [0.2, 0.25) is 0 Å². The number of nitrogen functional groups attached to an aromatic ring is 1. The quantitative estimate of drug-likeness (QED) is 0.426. The molecule has 0 radical (unpaired) electrons. The molecule has 0 spiro atoms. The maximum absolute atomic E-state index is 5.73. The molecular formula is C9H14N2S. The highest BCUT2D eigenvalue weighted by Crippen LogP contribution is 2.17. The second-order valence-corrected chi connectivity index (χ2v) is 3.68. The smallest absolute Gasteiger partial charge is 0.0611 e. The molecule has 1 aromatic carbocycles. The van der Waals surface area contributed by atoms with Gasteiger partial charge in [-0.05, 0) is 17.9 Å². The number of nitrogens with one attached hydrogen (secondary N) is 1. The molecule has 0 saturated carbocycles. The van der Waals surface area contributed by atoms with Crippen molar-refractivity contribution < 1.29 is 0 Å². The van der Waals surface area contributed by atoms with Crippen LogP contribution < -0.4 is 11.1 Å². The summed E-state index contributed by atoms with van der Waals surface area (Å²) in [7, 11) is 0. The lowest BCUT2D eigenvalue weighted by Gasteiger charge is -2.07. The van der Waals surface area contributed by atoms with Crippen LogP contribution in [0.4, 0.5) is 11.4 Å². The molecule has 0 atom stereocenters. The number of nitrogens with two attached hydrogens (primary N) is 1. The highest BCUT2D eigenvalue weighted by molar-refractivity contribution is 7.99. The Morgan fingerprint density at radius 1 is 1.42 bits per heavy atom. The number of hydrogen-bond acceptors (Lipinski definition) is 3. The summed E-state index contributed by atoms with van der Waals surface area (Å²) in [5.74, 6) is 2.05. The average molecular weight is 182 g/mol. The van der Waals surface area contributed by atoms with Gasteiger partial charge in [0.15, 0.2) is 0 Å². The lowest BCUT2D eigenvalue weighted by molar-refractivity contribution is 1.43. The van der Waals surface area contributed by atoms with Crippen LogP contribution in [0.5, 0.6) is 0 Å². The van der Waals surface area contributed by atoms with E-state index in [1.54, 1.807) is 0 Å². The standard InChI is InChI=1S/C9H14N2S/c1-2-12-7-11-9-6-4-3-5-8(9)10/h3-6,11H,2,7,10H2,1H3. The van der Waals surface area contributed by atoms with Gasteiger partial charge in [-0.25, -0.2) is 0 Å². The van der Waals surface area contributed by atoms with Gasteiger partial charge in [-0.2, -0.15) is 0 Å². The predicted molar refractivity (Wildman–Crippen MR) is 57.5 cm³/mol. The van der Waals surface area contributed by atoms with Crippen molar-refractivity contribution in [3.8, 4) is 0 Å². The van der Waals surface area contributed by atoms with Gasteiger partial charge in [0.1, 0.15) is 0 Å². The van der Waals surface area contributed by atoms with Gasteiger partial charge in [-0.3, -0.25) is 0 Å². The zero-order chi connectivity index (χ0) is 8.81. The second kappa shape index (κ2) is 4.93. The summed E-state index contributed by atoms with van der Waals surface area (Å²) in [6.07, 6.45) is 0. The van der Waals surface area contributed by atoms with Crippen LogP contribution in [0.25, 0.3) is 0 Å². The molecule has 0 bridgehead atoms. The number of benzene rings is 1. The number of hydrogen-bond donors (Lipinski definition) is 2. The van der Waals surface area contributed by atoms with Crippen LogP contribution in [0.1, 0.15) is 6.92 Å². The van der Waals surface area contributed by atoms with Crippen LogP contribution in [0.2, 0.25) is 0 Å². The third-order valence-electron chi connectivity index (χ3n) is 1.53. The Balaban J connectivity index is 2.46. The fourth-order valence-electron chi connectivity index (χ4n) is 0.889. The fourth-order valence-corrected chi connectivity index (χ4v) is 1.35. The summed E-state index contributed by atoms with van der Waals surface area (Å²) < 4.78 is 0. The van der Waals surface area contributed by atoms with Crippen molar-refractivity contribution in [1.29, 1.82) is 0 Å². The minimum Gasteiger partial charge on any atom is -0.397 e. The molecule has 1 aromatic rings. The molecule has 1 rings (SSSR count). The SMILES string of the molecule is CCSCNc1ccccc1N. The molecule has 0 aliphatic heterocycles. The molecular weight excluding hydrogens is 168 g/mol. The summed E-state index contributed by atoms with van der Waals surface area (Å²) in [5.41, 5.74) is 7.57. The molecule has 0 saturated heterocycles. The molecule has 66 valence electrons. The molecule has 2 nitrogen and oxygen atoms in total. The maximum atomic E-state index is 5.73. The van der Waals surface area contributed by atoms with Crippen LogP contribution in [-0.2, 0) is 0 Å². The summed E-state index contributed by atoms with van der Waals surface area (Å²) in [5, 5.41) is 3.25. The van der Waals surface area contributed by atoms with E-state index in [1.165, 1.54) is 0 Å². The topological polar surface area (TPSA) is 38.0 Å². The molecule has 0 aliphatic carbocycles. The van der Waals surface area contributed by atoms with E-state index in [0.717, 1.165) is 23.0 Å². The minimum atomic E-state index is 0.814. The van der Waals surface area contributed by atoms with Crippen molar-refractivity contribution >= 4 is 23.1 Å². The predicted octanol–water partition coefficient (Wildman–Crippen LogP) is 2.39. The normalized spacial score (nSPS) is 9.75. The average Bonchev–Trinajstić information content (AvgIpc) is 2.09. The van der Waals surface area contributed by atoms with E-state index >= 15 is 0 Å². The Morgan fingerprint density at radius 2 is 2.17 bits per heavy atom. The summed E-state index contributed by atoms with van der Waals surface area (Å²) >= 11 is 1.84. The van der Waals surface area contributed by atoms with Gasteiger partial charge in [-0.15, -0.1) is 11.8 Å². The number of anilines is 2. The molecule has 0 aliphatic rings. The molecule has 0 fully saturated rings. The molecule has 3 heteroatoms. The van der Waals surface area contributed by atoms with Crippen LogP contribution >= 0.6 is 11.8 Å². The first-order chi connectivity index (χ1) is 5.84. The third kappa shape index (κ3) is 2.66. The number of thioether (sulfide) groups is 1. The molecule has 0 aromatic heterocycles. The van der Waals surface area contributed by atoms with Gasteiger partial charge in [0.25, 0.3) is 0 Å². The van der Waals surface area contributed by atoms with Crippen molar-refractivity contribution in [2.45, 2.75) is 6.92 Å². The van der Waals surface area contributed by atoms with E-state index in [9.17, 15) is 0 Å². The lowest BCUT2D eigenvalue weighted by Crippen LogP contribution is -2.00. The molecule has 0 heterocycles. The largest absolute Gasteiger partial charge is 0.397 e. The summed E-state index contributed by atoms with van der Waals surface area (Å²) in [6, 6.07) is 7.81. The van der Waals surface area contributed by atoms with Gasteiger partial charge in [-0.1, -0.05) is 19.1 Å². The van der Waals surface area contributed by atoms with Crippen molar-refractivity contribution in [2.24, 2.45) is 0 Å². The Bertz CT molecular complexity index is 238. The van der Waals surface area contributed by atoms with E-state index in [2.05, 4.69) is 12.2 Å². The molecule has 12 heavy (non-hydrogen) atoms. The highest BCUT2D eigenvalue weighted by atomic mass is 32.2. The van der Waals surface area contributed by atoms with E-state index in [1.807, 2.05) is 36.0 Å². The van der Waals surface area contributed by atoms with E-state index in [-0.39, 0.29) is 0 Å². The van der Waals surface area contributed by atoms with Crippen LogP contribution in [0.3, 0.4) is 0 Å². The van der Waals surface area contributed by atoms with Crippen molar-refractivity contribution in [3.05, 3.63) is 24.3 Å². The Kier molecular flexibility index (Phi) is 3.80. The van der Waals surface area contributed by atoms with Crippen LogP contribution in [0.15, 0.2) is 24.3 Å². The van der Waals surface area contributed by atoms with Crippen molar-refractivity contribution in [2.75, 3.05) is 22.7 Å². The fraction of sp³-hybridized carbons (Fsp3) is 0.333. The van der Waals surface area contributed by atoms with Gasteiger partial charge >= 0.3 is 0 Å². The highest BCUT2D eigenvalue weighted by Gasteiger charge is 1.93. The van der Waals surface area contributed by atoms with Gasteiger partial charge in [0, 0.05) is 0 Å². The zero-order valence-electron chi connectivity index (χ0n) is 7.21. The van der Waals surface area contributed by atoms with Crippen LogP contribution in [0, 0.1) is 0 Å². The first kappa shape index (κ1) is 9.26. The van der Waals surface area contributed by atoms with Crippen molar-refractivity contribution in [3.63, 3.8) is 0 Å². The first-order valence-electron chi connectivity index (χ1n) is 4.00. The molecule has 0 unspecified atom stereocenters. The maximum Gasteiger partial charge on any atom is 0.0611 e. The van der Waals surface area contributed by atoms with Gasteiger partial charge in [0.05, 0.1) is 17.3 Å². The van der Waals surface area contributed by atoms with E-state index < -0.39 is 0 Å². The molecule has 0 amide bonds. The van der Waals surface area contributed by atoms with E-state index in [0.29, 0.717) is 0 Å². The Hall–Kier alpha value is -0.830. The number of rotatable bonds is 4. The second-order valence-electron chi connectivity index (χ2n) is 2.40. The minimum absolute atomic E-state index is 0.814. The van der Waals surface area contributed by atoms with E-state index in [4.69, 9.17) is 5.73 Å². The number of para-hydroxylation sites is 2. The summed E-state index contributed by atoms with van der Waals surface area (Å²) in [4.78, 5) is 0. The summed E-state index contributed by atoms with van der Waals surface area (Å²) in [6.45, 7) is 2.14. The molecule has 3 N–H and O–H groups in total. The third-order valence-corrected chi connectivity index (χ3v) is 2.29.